The number of hydrogen-bond donors (Lipinski definition) is 5. The number of rotatable bonds is 29. The molecule has 6 N–H and O–H groups in total. The Bertz CT molecular complexity index is 1880. The maximum Gasteiger partial charge on any atom is 0.305 e. The van der Waals surface area contributed by atoms with Crippen LogP contribution in [0, 0.1) is 12.8 Å². The molecular formula is C45H61N5O9. The minimum atomic E-state index is -1.05. The summed E-state index contributed by atoms with van der Waals surface area (Å²) in [6, 6.07) is 21.6. The predicted octanol–water partition coefficient (Wildman–Crippen LogP) is 5.67. The summed E-state index contributed by atoms with van der Waals surface area (Å²) in [5, 5.41) is 20.8. The summed E-state index contributed by atoms with van der Waals surface area (Å²) in [5.74, 6) is -0.428. The largest absolute Gasteiger partial charge is 0.491 e. The van der Waals surface area contributed by atoms with E-state index in [1.165, 1.54) is 0 Å². The molecule has 0 aliphatic carbocycles. The third kappa shape index (κ3) is 16.2. The summed E-state index contributed by atoms with van der Waals surface area (Å²) in [6.45, 7) is 11.1. The number of nitrogens with zero attached hydrogens (tertiary/aromatic N) is 1. The van der Waals surface area contributed by atoms with Crippen LogP contribution in [-0.4, -0.2) is 106 Å². The number of carboxylic acid groups (broad SMARTS) is 1. The molecule has 0 saturated heterocycles. The second-order valence-corrected chi connectivity index (χ2v) is 14.2. The second-order valence-electron chi connectivity index (χ2n) is 14.2. The van der Waals surface area contributed by atoms with Crippen LogP contribution >= 0.6 is 0 Å². The zero-order valence-electron chi connectivity index (χ0n) is 34.6. The van der Waals surface area contributed by atoms with Crippen LogP contribution in [0.4, 0.5) is 5.82 Å². The lowest BCUT2D eigenvalue weighted by atomic mass is 9.94. The van der Waals surface area contributed by atoms with E-state index in [9.17, 15) is 19.5 Å². The number of carboxylic acids is 1. The van der Waals surface area contributed by atoms with Gasteiger partial charge >= 0.3 is 5.97 Å². The molecule has 0 saturated carbocycles. The van der Waals surface area contributed by atoms with Gasteiger partial charge in [-0.1, -0.05) is 74.9 Å². The van der Waals surface area contributed by atoms with Crippen molar-refractivity contribution in [2.45, 2.75) is 58.5 Å². The average molecular weight is 816 g/mol. The van der Waals surface area contributed by atoms with Gasteiger partial charge in [0.05, 0.1) is 65.3 Å². The summed E-state index contributed by atoms with van der Waals surface area (Å²) in [7, 11) is 0. The van der Waals surface area contributed by atoms with Gasteiger partial charge in [-0.3, -0.25) is 14.4 Å². The molecule has 1 aromatic heterocycles. The van der Waals surface area contributed by atoms with Crippen LogP contribution in [-0.2, 0) is 33.3 Å². The molecule has 4 aromatic rings. The van der Waals surface area contributed by atoms with Crippen molar-refractivity contribution in [3.8, 4) is 16.9 Å². The molecule has 3 aromatic carbocycles. The van der Waals surface area contributed by atoms with Crippen molar-refractivity contribution in [1.82, 2.24) is 15.6 Å². The summed E-state index contributed by atoms with van der Waals surface area (Å²) in [6.07, 6.45) is 2.82. The van der Waals surface area contributed by atoms with Gasteiger partial charge in [0, 0.05) is 31.1 Å². The van der Waals surface area contributed by atoms with Gasteiger partial charge in [-0.05, 0) is 65.1 Å². The normalized spacial score (nSPS) is 12.7. The molecule has 14 heteroatoms. The van der Waals surface area contributed by atoms with Crippen LogP contribution in [0.1, 0.15) is 56.7 Å². The number of carbonyl (C=O) groups is 3. The first-order chi connectivity index (χ1) is 28.7. The first-order valence-electron chi connectivity index (χ1n) is 20.4. The molecule has 0 fully saturated rings. The van der Waals surface area contributed by atoms with Gasteiger partial charge in [-0.25, -0.2) is 4.98 Å². The van der Waals surface area contributed by atoms with Crippen LogP contribution in [0.2, 0.25) is 0 Å². The lowest BCUT2D eigenvalue weighted by Gasteiger charge is -2.26. The van der Waals surface area contributed by atoms with Crippen molar-refractivity contribution >= 4 is 34.4 Å². The molecule has 14 nitrogen and oxygen atoms in total. The Hall–Kier alpha value is -5.12. The van der Waals surface area contributed by atoms with Crippen molar-refractivity contribution in [1.29, 1.82) is 0 Å². The lowest BCUT2D eigenvalue weighted by molar-refractivity contribution is -0.138. The van der Waals surface area contributed by atoms with E-state index in [1.54, 1.807) is 6.20 Å². The fraction of sp³-hybridized carbons (Fsp3) is 0.467. The second kappa shape index (κ2) is 26.1. The Morgan fingerprint density at radius 2 is 1.44 bits per heavy atom. The Morgan fingerprint density at radius 1 is 0.797 bits per heavy atom. The van der Waals surface area contributed by atoms with E-state index in [-0.39, 0.29) is 24.7 Å². The predicted molar refractivity (Wildman–Crippen MR) is 228 cm³/mol. The van der Waals surface area contributed by atoms with Crippen LogP contribution in [0.5, 0.6) is 5.75 Å². The molecule has 2 amide bonds. The molecule has 0 spiro atoms. The molecule has 0 aliphatic rings. The van der Waals surface area contributed by atoms with E-state index in [4.69, 9.17) is 29.4 Å². The summed E-state index contributed by atoms with van der Waals surface area (Å²) in [4.78, 5) is 42.9. The Kier molecular flexibility index (Phi) is 20.6. The zero-order chi connectivity index (χ0) is 42.2. The third-order valence-electron chi connectivity index (χ3n) is 9.68. The fourth-order valence-corrected chi connectivity index (χ4v) is 6.33. The van der Waals surface area contributed by atoms with E-state index in [1.807, 2.05) is 93.6 Å². The highest BCUT2D eigenvalue weighted by Gasteiger charge is 2.29. The maximum atomic E-state index is 13.7. The van der Waals surface area contributed by atoms with E-state index >= 15 is 0 Å². The van der Waals surface area contributed by atoms with Gasteiger partial charge in [0.25, 0.3) is 0 Å². The zero-order valence-corrected chi connectivity index (χ0v) is 34.6. The molecule has 4 rings (SSSR count). The lowest BCUT2D eigenvalue weighted by Crippen LogP contribution is -2.51. The van der Waals surface area contributed by atoms with Gasteiger partial charge < -0.3 is 50.5 Å². The van der Waals surface area contributed by atoms with Crippen molar-refractivity contribution in [2.75, 3.05) is 77.9 Å². The number of carbonyl (C=O) groups excluding carboxylic acids is 2. The van der Waals surface area contributed by atoms with Gasteiger partial charge in [0.15, 0.2) is 0 Å². The average Bonchev–Trinajstić information content (AvgIpc) is 3.23. The highest BCUT2D eigenvalue weighted by atomic mass is 16.6. The number of aromatic nitrogens is 1. The molecule has 0 aliphatic heterocycles. The summed E-state index contributed by atoms with van der Waals surface area (Å²) in [5.41, 5.74) is 9.00. The number of ether oxygens (including phenoxy) is 5. The minimum Gasteiger partial charge on any atom is -0.491 e. The monoisotopic (exact) mass is 815 g/mol. The number of anilines is 1. The Labute approximate surface area is 347 Å². The van der Waals surface area contributed by atoms with E-state index in [0.29, 0.717) is 91.0 Å². The summed E-state index contributed by atoms with van der Waals surface area (Å²) < 4.78 is 28.0. The number of nitrogens with one attached hydrogen (secondary N) is 3. The van der Waals surface area contributed by atoms with E-state index in [2.05, 4.69) is 20.9 Å². The first-order valence-corrected chi connectivity index (χ1v) is 20.4. The fourth-order valence-electron chi connectivity index (χ4n) is 6.33. The molecule has 0 radical (unpaired) electrons. The van der Waals surface area contributed by atoms with Gasteiger partial charge in [0.1, 0.15) is 24.2 Å². The van der Waals surface area contributed by atoms with E-state index < -0.39 is 24.0 Å². The molecule has 1 heterocycles. The molecule has 59 heavy (non-hydrogen) atoms. The van der Waals surface area contributed by atoms with Crippen LogP contribution in [0.15, 0.2) is 79.0 Å². The molecular weight excluding hydrogens is 755 g/mol. The Morgan fingerprint density at radius 3 is 2.07 bits per heavy atom. The van der Waals surface area contributed by atoms with Crippen molar-refractivity contribution in [2.24, 2.45) is 11.7 Å². The van der Waals surface area contributed by atoms with E-state index in [0.717, 1.165) is 39.0 Å². The van der Waals surface area contributed by atoms with Gasteiger partial charge in [-0.2, -0.15) is 0 Å². The number of fused-ring (bicyclic) bond motifs is 1. The number of hydrogen-bond acceptors (Lipinski definition) is 11. The Balaban J connectivity index is 1.30. The van der Waals surface area contributed by atoms with Crippen LogP contribution in [0.25, 0.3) is 21.9 Å². The molecule has 3 atom stereocenters. The van der Waals surface area contributed by atoms with Crippen molar-refractivity contribution in [3.05, 3.63) is 90.1 Å². The number of amides is 2. The van der Waals surface area contributed by atoms with Crippen molar-refractivity contribution in [3.63, 3.8) is 0 Å². The van der Waals surface area contributed by atoms with Crippen LogP contribution < -0.4 is 26.4 Å². The number of nitrogens with two attached hydrogens (primary N) is 1. The van der Waals surface area contributed by atoms with Crippen LogP contribution in [0.3, 0.4) is 0 Å². The number of aryl methyl sites for hydroxylation is 1. The number of benzene rings is 3. The topological polar surface area (TPSA) is 193 Å². The van der Waals surface area contributed by atoms with Gasteiger partial charge in [0.2, 0.25) is 11.8 Å². The summed E-state index contributed by atoms with van der Waals surface area (Å²) >= 11 is 0. The SMILES string of the molecule is CC[C@H](C)[C@H](NC(=O)CCCNc1cc(C)ccn1)C(=O)N[C@@H](CC(=O)O)c1ccc(-c2ccc(OCCOCCOCCOCCOCCN)c3ccccc23)cc1. The van der Waals surface area contributed by atoms with Gasteiger partial charge in [-0.15, -0.1) is 0 Å². The van der Waals surface area contributed by atoms with Crippen molar-refractivity contribution < 1.29 is 43.2 Å². The molecule has 320 valence electrons. The first kappa shape index (κ1) is 46.6. The number of pyridine rings is 1. The smallest absolute Gasteiger partial charge is 0.305 e. The highest BCUT2D eigenvalue weighted by molar-refractivity contribution is 6.00. The molecule has 0 bridgehead atoms. The third-order valence-corrected chi connectivity index (χ3v) is 9.68. The minimum absolute atomic E-state index is 0.177. The quantitative estimate of drug-likeness (QED) is 0.0423. The highest BCUT2D eigenvalue weighted by Crippen LogP contribution is 2.35. The standard InChI is InChI=1S/C45H61N5O9/c1-4-33(3)44(50-42(51)10-7-19-47-41-30-32(2)17-20-48-41)45(54)49-39(31-43(52)53)35-13-11-34(12-14-35)36-15-16-40(38-9-6-5-8-37(36)38)59-29-28-58-27-26-57-25-24-56-23-22-55-21-18-46/h5-6,8-9,11-17,20,30,33,39,44H,4,7,10,18-19,21-29,31,46H2,1-3H3,(H,47,48)(H,49,54)(H,50,51)(H,52,53)/t33-,39-,44-/m0/s1. The maximum absolute atomic E-state index is 13.7. The number of aliphatic carboxylic acids is 1. The molecule has 0 unspecified atom stereocenters.